The number of carbonyl (C=O) groups is 1. The van der Waals surface area contributed by atoms with E-state index < -0.39 is 48.9 Å². The van der Waals surface area contributed by atoms with Crippen molar-refractivity contribution >= 4 is 43.3 Å². The zero-order valence-corrected chi connectivity index (χ0v) is 19.4. The zero-order chi connectivity index (χ0) is 23.0. The molecular formula is C21H19BrClNO6S. The highest BCUT2D eigenvalue weighted by Crippen LogP contribution is 2.42. The van der Waals surface area contributed by atoms with Crippen LogP contribution in [0.1, 0.15) is 53.6 Å². The van der Waals surface area contributed by atoms with Crippen molar-refractivity contribution in [3.63, 3.8) is 0 Å². The molecule has 0 aliphatic heterocycles. The molecule has 2 aromatic carbocycles. The second-order valence-electron chi connectivity index (χ2n) is 7.58. The first-order valence-corrected chi connectivity index (χ1v) is 12.2. The minimum absolute atomic E-state index is 0.161. The highest BCUT2D eigenvalue weighted by molar-refractivity contribution is 9.10. The molecule has 3 N–H and O–H groups in total. The maximum Gasteiger partial charge on any atom is 0.339 e. The summed E-state index contributed by atoms with van der Waals surface area (Å²) in [5.74, 6) is -3.55. The largest absolute Gasteiger partial charge is 0.507 e. The van der Waals surface area contributed by atoms with E-state index in [1.807, 2.05) is 0 Å². The third-order valence-corrected chi connectivity index (χ3v) is 7.99. The molecule has 1 aliphatic rings. The van der Waals surface area contributed by atoms with Gasteiger partial charge in [0.05, 0.1) is 22.3 Å². The number of sulfone groups is 1. The number of aromatic hydroxyl groups is 2. The number of benzene rings is 2. The predicted molar refractivity (Wildman–Crippen MR) is 117 cm³/mol. The molecule has 0 aromatic heterocycles. The summed E-state index contributed by atoms with van der Waals surface area (Å²) in [4.78, 5) is 11.3. The molecule has 1 aliphatic carbocycles. The van der Waals surface area contributed by atoms with E-state index in [1.165, 1.54) is 24.3 Å². The molecular weight excluding hydrogens is 510 g/mol. The van der Waals surface area contributed by atoms with Crippen molar-refractivity contribution in [2.75, 3.05) is 0 Å². The Hall–Kier alpha value is -2.28. The fourth-order valence-corrected chi connectivity index (χ4v) is 6.44. The molecule has 2 aromatic rings. The van der Waals surface area contributed by atoms with Gasteiger partial charge in [0, 0.05) is 10.0 Å². The van der Waals surface area contributed by atoms with Gasteiger partial charge in [0.1, 0.15) is 16.2 Å². The first-order valence-electron chi connectivity index (χ1n) is 9.42. The van der Waals surface area contributed by atoms with Crippen LogP contribution in [-0.2, 0) is 21.0 Å². The van der Waals surface area contributed by atoms with Crippen LogP contribution >= 0.6 is 27.5 Å². The number of phenols is 2. The summed E-state index contributed by atoms with van der Waals surface area (Å²) in [7, 11) is -4.23. The SMILES string of the molecule is N#CC1(c2cc(CS(=O)(=O)c3cc(Br)cc(Cl)c3O)c(O)c(C(=O)O)c2)CCCCC1. The minimum Gasteiger partial charge on any atom is -0.507 e. The Bertz CT molecular complexity index is 1200. The molecule has 31 heavy (non-hydrogen) atoms. The van der Waals surface area contributed by atoms with Crippen molar-refractivity contribution in [1.82, 2.24) is 0 Å². The maximum atomic E-state index is 13.0. The van der Waals surface area contributed by atoms with Crippen molar-refractivity contribution in [3.8, 4) is 17.6 Å². The van der Waals surface area contributed by atoms with Gasteiger partial charge in [-0.25, -0.2) is 13.2 Å². The highest BCUT2D eigenvalue weighted by atomic mass is 79.9. The number of aromatic carboxylic acids is 1. The van der Waals surface area contributed by atoms with E-state index in [0.29, 0.717) is 22.9 Å². The van der Waals surface area contributed by atoms with Crippen LogP contribution in [0.2, 0.25) is 5.02 Å². The second-order valence-corrected chi connectivity index (χ2v) is 10.9. The first kappa shape index (κ1) is 23.4. The quantitative estimate of drug-likeness (QED) is 0.501. The van der Waals surface area contributed by atoms with Crippen LogP contribution in [0.4, 0.5) is 0 Å². The van der Waals surface area contributed by atoms with Gasteiger partial charge in [-0.05, 0) is 42.7 Å². The molecule has 0 spiro atoms. The molecule has 0 radical (unpaired) electrons. The summed E-state index contributed by atoms with van der Waals surface area (Å²) in [5.41, 5.74) is -1.22. The average molecular weight is 529 g/mol. The Labute approximate surface area is 193 Å². The molecule has 10 heteroatoms. The number of carboxylic acids is 1. The third kappa shape index (κ3) is 4.52. The molecule has 0 saturated heterocycles. The normalized spacial score (nSPS) is 15.9. The van der Waals surface area contributed by atoms with Crippen molar-refractivity contribution in [2.24, 2.45) is 0 Å². The van der Waals surface area contributed by atoms with E-state index in [4.69, 9.17) is 11.6 Å². The second kappa shape index (κ2) is 8.69. The minimum atomic E-state index is -4.23. The molecule has 0 unspecified atom stereocenters. The van der Waals surface area contributed by atoms with Crippen LogP contribution in [0.3, 0.4) is 0 Å². The number of rotatable bonds is 5. The number of carboxylic acid groups (broad SMARTS) is 1. The van der Waals surface area contributed by atoms with Crippen molar-refractivity contribution in [2.45, 2.75) is 48.2 Å². The van der Waals surface area contributed by atoms with Crippen molar-refractivity contribution in [3.05, 3.63) is 50.5 Å². The molecule has 0 bridgehead atoms. The fourth-order valence-electron chi connectivity index (χ4n) is 3.93. The van der Waals surface area contributed by atoms with E-state index in [1.54, 1.807) is 0 Å². The Kier molecular flexibility index (Phi) is 6.56. The van der Waals surface area contributed by atoms with Crippen molar-refractivity contribution in [1.29, 1.82) is 5.26 Å². The van der Waals surface area contributed by atoms with Gasteiger partial charge in [-0.1, -0.05) is 46.8 Å². The Morgan fingerprint density at radius 3 is 2.35 bits per heavy atom. The van der Waals surface area contributed by atoms with Crippen LogP contribution in [0.25, 0.3) is 0 Å². The average Bonchev–Trinajstić information content (AvgIpc) is 2.72. The van der Waals surface area contributed by atoms with Gasteiger partial charge in [0.15, 0.2) is 15.6 Å². The van der Waals surface area contributed by atoms with Gasteiger partial charge in [0.25, 0.3) is 0 Å². The lowest BCUT2D eigenvalue weighted by Crippen LogP contribution is -2.27. The van der Waals surface area contributed by atoms with Gasteiger partial charge in [-0.3, -0.25) is 0 Å². The fraction of sp³-hybridized carbons (Fsp3) is 0.333. The van der Waals surface area contributed by atoms with Crippen molar-refractivity contribution < 1.29 is 28.5 Å². The van der Waals surface area contributed by atoms with Crippen LogP contribution in [0.15, 0.2) is 33.6 Å². The Balaban J connectivity index is 2.16. The topological polar surface area (TPSA) is 136 Å². The molecule has 1 saturated carbocycles. The zero-order valence-electron chi connectivity index (χ0n) is 16.2. The summed E-state index contributed by atoms with van der Waals surface area (Å²) in [6.07, 6.45) is 3.56. The molecule has 0 amide bonds. The Morgan fingerprint density at radius 1 is 1.13 bits per heavy atom. The summed E-state index contributed by atoms with van der Waals surface area (Å²) in [5, 5.41) is 39.9. The lowest BCUT2D eigenvalue weighted by atomic mass is 9.70. The van der Waals surface area contributed by atoms with Gasteiger partial charge in [-0.2, -0.15) is 5.26 Å². The van der Waals surface area contributed by atoms with E-state index in [9.17, 15) is 33.8 Å². The predicted octanol–water partition coefficient (Wildman–Crippen LogP) is 4.91. The van der Waals surface area contributed by atoms with Gasteiger partial charge < -0.3 is 15.3 Å². The molecule has 164 valence electrons. The van der Waals surface area contributed by atoms with Crippen LogP contribution in [0, 0.1) is 11.3 Å². The molecule has 0 heterocycles. The van der Waals surface area contributed by atoms with Gasteiger partial charge in [-0.15, -0.1) is 0 Å². The summed E-state index contributed by atoms with van der Waals surface area (Å²) in [6, 6.07) is 7.41. The van der Waals surface area contributed by atoms with Crippen LogP contribution < -0.4 is 0 Å². The number of phenolic OH excluding ortho intramolecular Hbond substituents is 1. The summed E-state index contributed by atoms with van der Waals surface area (Å²) >= 11 is 9.01. The van der Waals surface area contributed by atoms with E-state index in [-0.39, 0.29) is 10.6 Å². The molecule has 0 atom stereocenters. The van der Waals surface area contributed by atoms with E-state index >= 15 is 0 Å². The number of nitriles is 1. The number of nitrogens with zero attached hydrogens (tertiary/aromatic N) is 1. The Morgan fingerprint density at radius 2 is 1.77 bits per heavy atom. The van der Waals surface area contributed by atoms with Gasteiger partial charge in [0.2, 0.25) is 0 Å². The summed E-state index contributed by atoms with van der Waals surface area (Å²) in [6.45, 7) is 0. The number of halogens is 2. The highest BCUT2D eigenvalue weighted by Gasteiger charge is 2.36. The molecule has 7 nitrogen and oxygen atoms in total. The smallest absolute Gasteiger partial charge is 0.339 e. The number of hydrogen-bond donors (Lipinski definition) is 3. The molecule has 3 rings (SSSR count). The third-order valence-electron chi connectivity index (χ3n) is 5.57. The van der Waals surface area contributed by atoms with Gasteiger partial charge >= 0.3 is 5.97 Å². The standard InChI is InChI=1S/C21H19BrClNO6S/c22-14-8-16(23)19(26)17(9-14)31(29,30)10-12-6-13(7-15(18(12)25)20(27)28)21(11-24)4-2-1-3-5-21/h6-9,25-26H,1-5,10H2,(H,27,28). The first-order chi connectivity index (χ1) is 14.5. The number of hydrogen-bond acceptors (Lipinski definition) is 6. The van der Waals surface area contributed by atoms with E-state index in [2.05, 4.69) is 22.0 Å². The molecule has 1 fully saturated rings. The lowest BCUT2D eigenvalue weighted by Gasteiger charge is -2.32. The maximum absolute atomic E-state index is 13.0. The van der Waals surface area contributed by atoms with E-state index in [0.717, 1.165) is 19.3 Å². The lowest BCUT2D eigenvalue weighted by molar-refractivity contribution is 0.0693. The monoisotopic (exact) mass is 527 g/mol. The van der Waals surface area contributed by atoms with Crippen LogP contribution in [0.5, 0.6) is 11.5 Å². The summed E-state index contributed by atoms with van der Waals surface area (Å²) < 4.78 is 26.4. The van der Waals surface area contributed by atoms with Crippen LogP contribution in [-0.4, -0.2) is 29.7 Å².